The predicted octanol–water partition coefficient (Wildman–Crippen LogP) is 3.89. The molecule has 1 N–H and O–H groups in total. The first-order valence-corrected chi connectivity index (χ1v) is 7.53. The van der Waals surface area contributed by atoms with Gasteiger partial charge in [-0.15, -0.1) is 22.7 Å². The van der Waals surface area contributed by atoms with Crippen LogP contribution in [-0.4, -0.2) is 9.97 Å². The molecule has 3 aromatic rings. The fourth-order valence-electron chi connectivity index (χ4n) is 1.67. The van der Waals surface area contributed by atoms with Gasteiger partial charge in [0.05, 0.1) is 16.8 Å². The third-order valence-corrected chi connectivity index (χ3v) is 4.54. The Morgan fingerprint density at radius 2 is 2.26 bits per heavy atom. The quantitative estimate of drug-likeness (QED) is 0.746. The van der Waals surface area contributed by atoms with E-state index in [4.69, 9.17) is 16.9 Å². The first kappa shape index (κ1) is 12.4. The molecule has 0 unspecified atom stereocenters. The summed E-state index contributed by atoms with van der Waals surface area (Å²) in [5.41, 5.74) is 1.14. The molecule has 0 aromatic carbocycles. The van der Waals surface area contributed by atoms with Crippen LogP contribution in [0.3, 0.4) is 0 Å². The number of nitriles is 1. The third kappa shape index (κ3) is 2.40. The standard InChI is InChI=1S/C12H7ClN4S2/c13-12-16-9-7(4-14)6-19-10(9)11(17-12)15-5-8-2-1-3-18-8/h1-3,6H,5H2,(H,15,16,17). The molecule has 19 heavy (non-hydrogen) atoms. The van der Waals surface area contributed by atoms with E-state index < -0.39 is 0 Å². The highest BCUT2D eigenvalue weighted by Gasteiger charge is 2.12. The Balaban J connectivity index is 1.99. The van der Waals surface area contributed by atoms with Crippen LogP contribution in [0.15, 0.2) is 22.9 Å². The Labute approximate surface area is 122 Å². The van der Waals surface area contributed by atoms with E-state index in [-0.39, 0.29) is 5.28 Å². The van der Waals surface area contributed by atoms with Crippen molar-refractivity contribution in [3.8, 4) is 6.07 Å². The summed E-state index contributed by atoms with van der Waals surface area (Å²) in [7, 11) is 0. The second-order valence-corrected chi connectivity index (χ2v) is 5.96. The molecular weight excluding hydrogens is 300 g/mol. The van der Waals surface area contributed by atoms with Crippen molar-refractivity contribution in [1.82, 2.24) is 9.97 Å². The summed E-state index contributed by atoms with van der Waals surface area (Å²) in [4.78, 5) is 9.52. The van der Waals surface area contributed by atoms with Crippen LogP contribution in [-0.2, 0) is 6.54 Å². The molecule has 0 saturated heterocycles. The highest BCUT2D eigenvalue weighted by Crippen LogP contribution is 2.30. The lowest BCUT2D eigenvalue weighted by atomic mass is 10.3. The van der Waals surface area contributed by atoms with Crippen molar-refractivity contribution in [1.29, 1.82) is 5.26 Å². The lowest BCUT2D eigenvalue weighted by Gasteiger charge is -2.05. The summed E-state index contributed by atoms with van der Waals surface area (Å²) in [6.07, 6.45) is 0. The van der Waals surface area contributed by atoms with Crippen molar-refractivity contribution in [2.45, 2.75) is 6.54 Å². The minimum Gasteiger partial charge on any atom is -0.364 e. The van der Waals surface area contributed by atoms with Crippen LogP contribution >= 0.6 is 34.3 Å². The van der Waals surface area contributed by atoms with Crippen molar-refractivity contribution in [2.75, 3.05) is 5.32 Å². The average molecular weight is 307 g/mol. The van der Waals surface area contributed by atoms with Crippen molar-refractivity contribution in [2.24, 2.45) is 0 Å². The Kier molecular flexibility index (Phi) is 3.34. The second kappa shape index (κ2) is 5.13. The summed E-state index contributed by atoms with van der Waals surface area (Å²) in [5.74, 6) is 0.676. The van der Waals surface area contributed by atoms with E-state index in [2.05, 4.69) is 21.4 Å². The number of nitrogens with zero attached hydrogens (tertiary/aromatic N) is 3. The largest absolute Gasteiger partial charge is 0.364 e. The van der Waals surface area contributed by atoms with Crippen molar-refractivity contribution < 1.29 is 0 Å². The average Bonchev–Trinajstić information content (AvgIpc) is 3.04. The molecule has 0 aliphatic rings. The molecular formula is C12H7ClN4S2. The van der Waals surface area contributed by atoms with Crippen molar-refractivity contribution >= 4 is 50.3 Å². The number of halogens is 1. The molecule has 0 aliphatic carbocycles. The summed E-state index contributed by atoms with van der Waals surface area (Å²) in [6.45, 7) is 0.680. The van der Waals surface area contributed by atoms with Gasteiger partial charge in [-0.1, -0.05) is 6.07 Å². The lowest BCUT2D eigenvalue weighted by molar-refractivity contribution is 1.13. The first-order valence-electron chi connectivity index (χ1n) is 5.39. The van der Waals surface area contributed by atoms with Crippen LogP contribution in [0.5, 0.6) is 0 Å². The normalized spacial score (nSPS) is 10.5. The van der Waals surface area contributed by atoms with Gasteiger partial charge >= 0.3 is 0 Å². The SMILES string of the molecule is N#Cc1csc2c(NCc3cccs3)nc(Cl)nc12. The van der Waals surface area contributed by atoms with Crippen LogP contribution in [0.1, 0.15) is 10.4 Å². The summed E-state index contributed by atoms with van der Waals surface area (Å²) in [5, 5.41) is 16.2. The van der Waals surface area contributed by atoms with Crippen LogP contribution < -0.4 is 5.32 Å². The predicted molar refractivity (Wildman–Crippen MR) is 78.8 cm³/mol. The zero-order valence-electron chi connectivity index (χ0n) is 9.55. The van der Waals surface area contributed by atoms with Gasteiger partial charge in [-0.3, -0.25) is 0 Å². The molecule has 0 fully saturated rings. The van der Waals surface area contributed by atoms with Gasteiger partial charge in [-0.2, -0.15) is 10.2 Å². The minimum atomic E-state index is 0.149. The summed E-state index contributed by atoms with van der Waals surface area (Å²) in [6, 6.07) is 6.16. The Morgan fingerprint density at radius 3 is 3.00 bits per heavy atom. The van der Waals surface area contributed by atoms with Gasteiger partial charge in [0.25, 0.3) is 0 Å². The monoisotopic (exact) mass is 306 g/mol. The van der Waals surface area contributed by atoms with Crippen molar-refractivity contribution in [3.05, 3.63) is 38.6 Å². The number of nitrogens with one attached hydrogen (secondary N) is 1. The third-order valence-electron chi connectivity index (χ3n) is 2.52. The zero-order valence-corrected chi connectivity index (χ0v) is 11.9. The molecule has 3 rings (SSSR count). The van der Waals surface area contributed by atoms with E-state index in [1.54, 1.807) is 16.7 Å². The van der Waals surface area contributed by atoms with E-state index in [9.17, 15) is 0 Å². The maximum absolute atomic E-state index is 9.02. The van der Waals surface area contributed by atoms with E-state index in [0.717, 1.165) is 4.70 Å². The van der Waals surface area contributed by atoms with Crippen LogP contribution in [0.25, 0.3) is 10.2 Å². The minimum absolute atomic E-state index is 0.149. The van der Waals surface area contributed by atoms with Gasteiger partial charge in [0.15, 0.2) is 0 Å². The number of hydrogen-bond acceptors (Lipinski definition) is 6. The maximum Gasteiger partial charge on any atom is 0.225 e. The van der Waals surface area contributed by atoms with Gasteiger partial charge < -0.3 is 5.32 Å². The first-order chi connectivity index (χ1) is 9.28. The van der Waals surface area contributed by atoms with Gasteiger partial charge in [-0.05, 0) is 23.0 Å². The number of anilines is 1. The van der Waals surface area contributed by atoms with Gasteiger partial charge in [0.1, 0.15) is 17.4 Å². The Morgan fingerprint density at radius 1 is 1.37 bits per heavy atom. The van der Waals surface area contributed by atoms with Crippen molar-refractivity contribution in [3.63, 3.8) is 0 Å². The molecule has 7 heteroatoms. The summed E-state index contributed by atoms with van der Waals surface area (Å²) < 4.78 is 0.859. The van der Waals surface area contributed by atoms with Gasteiger partial charge in [0.2, 0.25) is 5.28 Å². The summed E-state index contributed by atoms with van der Waals surface area (Å²) >= 11 is 9.03. The van der Waals surface area contributed by atoms with Crippen LogP contribution in [0.4, 0.5) is 5.82 Å². The molecule has 4 nitrogen and oxygen atoms in total. The van der Waals surface area contributed by atoms with Crippen LogP contribution in [0, 0.1) is 11.3 Å². The Bertz CT molecular complexity index is 758. The number of fused-ring (bicyclic) bond motifs is 1. The molecule has 0 atom stereocenters. The molecule has 0 spiro atoms. The number of thiophene rings is 2. The smallest absolute Gasteiger partial charge is 0.225 e. The maximum atomic E-state index is 9.02. The lowest BCUT2D eigenvalue weighted by Crippen LogP contribution is -2.01. The molecule has 0 bridgehead atoms. The fourth-order valence-corrected chi connectivity index (χ4v) is 3.38. The number of rotatable bonds is 3. The Hall–Kier alpha value is -1.68. The molecule has 0 aliphatic heterocycles. The van der Waals surface area contributed by atoms with E-state index in [1.807, 2.05) is 17.5 Å². The molecule has 0 amide bonds. The number of hydrogen-bond donors (Lipinski definition) is 1. The molecule has 0 radical (unpaired) electrons. The number of aromatic nitrogens is 2. The molecule has 3 heterocycles. The zero-order chi connectivity index (χ0) is 13.2. The van der Waals surface area contributed by atoms with Crippen LogP contribution in [0.2, 0.25) is 5.28 Å². The fraction of sp³-hybridized carbons (Fsp3) is 0.0833. The van der Waals surface area contributed by atoms with E-state index in [0.29, 0.717) is 23.4 Å². The molecule has 0 saturated carbocycles. The van der Waals surface area contributed by atoms with Gasteiger partial charge in [0, 0.05) is 10.3 Å². The molecule has 94 valence electrons. The molecule has 3 aromatic heterocycles. The highest BCUT2D eigenvalue weighted by molar-refractivity contribution is 7.18. The van der Waals surface area contributed by atoms with E-state index >= 15 is 0 Å². The topological polar surface area (TPSA) is 61.6 Å². The van der Waals surface area contributed by atoms with Gasteiger partial charge in [-0.25, -0.2) is 4.98 Å². The highest BCUT2D eigenvalue weighted by atomic mass is 35.5. The second-order valence-electron chi connectivity index (χ2n) is 3.71. The van der Waals surface area contributed by atoms with E-state index in [1.165, 1.54) is 16.2 Å².